The number of rotatable bonds is 8. The van der Waals surface area contributed by atoms with Crippen LogP contribution in [0.15, 0.2) is 46.6 Å². The van der Waals surface area contributed by atoms with Crippen LogP contribution < -0.4 is 15.6 Å². The Hall–Kier alpha value is -4.01. The van der Waals surface area contributed by atoms with E-state index >= 15 is 0 Å². The molecule has 1 aliphatic heterocycles. The van der Waals surface area contributed by atoms with Crippen LogP contribution in [0.2, 0.25) is 0 Å². The summed E-state index contributed by atoms with van der Waals surface area (Å²) in [5.41, 5.74) is -3.63. The van der Waals surface area contributed by atoms with Crippen molar-refractivity contribution in [1.29, 1.82) is 0 Å². The summed E-state index contributed by atoms with van der Waals surface area (Å²) in [5, 5.41) is 10.5. The normalized spacial score (nSPS) is 17.0. The number of ether oxygens (including phenoxy) is 1. The van der Waals surface area contributed by atoms with E-state index in [1.54, 1.807) is 19.2 Å². The number of pyridine rings is 1. The molecule has 1 saturated heterocycles. The summed E-state index contributed by atoms with van der Waals surface area (Å²) in [7, 11) is 1.56. The average Bonchev–Trinajstić information content (AvgIpc) is 3.38. The predicted molar refractivity (Wildman–Crippen MR) is 130 cm³/mol. The van der Waals surface area contributed by atoms with Crippen LogP contribution in [-0.2, 0) is 17.1 Å². The maximum atomic E-state index is 13.0. The van der Waals surface area contributed by atoms with Gasteiger partial charge in [0.2, 0.25) is 0 Å². The minimum atomic E-state index is -5.07. The largest absolute Gasteiger partial charge is 0.416 e. The minimum absolute atomic E-state index is 0.0445. The molecule has 0 spiro atoms. The fourth-order valence-electron chi connectivity index (χ4n) is 3.38. The number of aromatic nitrogens is 1. The number of hydrogen-bond donors (Lipinski definition) is 2. The molecule has 0 bridgehead atoms. The molecule has 39 heavy (non-hydrogen) atoms. The smallest absolute Gasteiger partial charge is 0.379 e. The second kappa shape index (κ2) is 12.2. The zero-order chi connectivity index (χ0) is 28.8. The molecule has 15 heteroatoms. The quantitative estimate of drug-likeness (QED) is 0.221. The number of nitrogens with one attached hydrogen (secondary N) is 2. The Balaban J connectivity index is 1.57. The van der Waals surface area contributed by atoms with Gasteiger partial charge in [-0.1, -0.05) is 0 Å². The molecule has 1 fully saturated rings. The summed E-state index contributed by atoms with van der Waals surface area (Å²) in [6, 6.07) is 2.85. The van der Waals surface area contributed by atoms with E-state index in [0.29, 0.717) is 36.7 Å². The number of carbonyl (C=O) groups is 2. The summed E-state index contributed by atoms with van der Waals surface area (Å²) in [6.07, 6.45) is -5.75. The van der Waals surface area contributed by atoms with Gasteiger partial charge in [0.1, 0.15) is 12.2 Å². The summed E-state index contributed by atoms with van der Waals surface area (Å²) >= 11 is 0. The molecule has 1 aliphatic rings. The topological polar surface area (TPSA) is 108 Å². The van der Waals surface area contributed by atoms with Crippen LogP contribution in [0.1, 0.15) is 45.2 Å². The van der Waals surface area contributed by atoms with Gasteiger partial charge in [0.15, 0.2) is 0 Å². The van der Waals surface area contributed by atoms with Crippen LogP contribution in [-0.4, -0.2) is 61.7 Å². The fourth-order valence-corrected chi connectivity index (χ4v) is 3.38. The third-order valence-corrected chi connectivity index (χ3v) is 5.42. The Bertz CT molecular complexity index is 1190. The average molecular weight is 558 g/mol. The van der Waals surface area contributed by atoms with Gasteiger partial charge in [0.25, 0.3) is 11.8 Å². The van der Waals surface area contributed by atoms with E-state index in [0.717, 1.165) is 12.8 Å². The molecule has 0 saturated carbocycles. The lowest BCUT2D eigenvalue weighted by molar-refractivity contribution is -0.143. The number of anilines is 1. The van der Waals surface area contributed by atoms with Crippen molar-refractivity contribution in [1.82, 2.24) is 15.6 Å². The van der Waals surface area contributed by atoms with Gasteiger partial charge in [0, 0.05) is 31.6 Å². The molecule has 3 rings (SSSR count). The number of carbonyl (C=O) groups excluding carboxylic acids is 2. The first-order valence-electron chi connectivity index (χ1n) is 11.5. The molecule has 2 amide bonds. The molecule has 1 unspecified atom stereocenters. The van der Waals surface area contributed by atoms with Crippen molar-refractivity contribution in [3.05, 3.63) is 58.8 Å². The summed E-state index contributed by atoms with van der Waals surface area (Å²) in [5.74, 6) is -1.04. The summed E-state index contributed by atoms with van der Waals surface area (Å²) in [4.78, 5) is 32.6. The zero-order valence-electron chi connectivity index (χ0n) is 20.7. The fraction of sp³-hybridized carbons (Fsp3) is 0.375. The second-order valence-electron chi connectivity index (χ2n) is 8.55. The number of benzene rings is 1. The van der Waals surface area contributed by atoms with Crippen LogP contribution in [0.3, 0.4) is 0 Å². The molecule has 9 nitrogen and oxygen atoms in total. The van der Waals surface area contributed by atoms with E-state index in [2.05, 4.69) is 25.7 Å². The van der Waals surface area contributed by atoms with Crippen molar-refractivity contribution in [3.63, 3.8) is 0 Å². The Morgan fingerprint density at radius 1 is 1.08 bits per heavy atom. The molecule has 1 aromatic heterocycles. The number of hydrazone groups is 1. The maximum absolute atomic E-state index is 13.0. The summed E-state index contributed by atoms with van der Waals surface area (Å²) in [6.45, 7) is 2.47. The highest BCUT2D eigenvalue weighted by molar-refractivity contribution is 5.96. The third-order valence-electron chi connectivity index (χ3n) is 5.42. The lowest BCUT2D eigenvalue weighted by atomic mass is 10.0. The molecular weight excluding hydrogens is 534 g/mol. The minimum Gasteiger partial charge on any atom is -0.379 e. The van der Waals surface area contributed by atoms with Crippen molar-refractivity contribution in [2.45, 2.75) is 37.8 Å². The van der Waals surface area contributed by atoms with E-state index in [4.69, 9.17) is 4.74 Å². The Kier molecular flexibility index (Phi) is 9.27. The van der Waals surface area contributed by atoms with E-state index in [-0.39, 0.29) is 18.0 Å². The molecule has 0 radical (unpaired) electrons. The standard InChI is InChI=1S/C24H24F6N6O3/c1-14(34-22(38)16-7-17(23(25,26)27)9-18(8-16)24(28,29)30)10-31-13-33-36(2)20-4-3-15(11-32-20)21(37)35-19-5-6-39-12-19/h3-4,7-11,13-14,19H,5-6,12H2,1-2H3,(H,34,38)(H,35,37)/b31-10?,33-13-/t14-,19?/m0/s1. The van der Waals surface area contributed by atoms with E-state index in [9.17, 15) is 35.9 Å². The first kappa shape index (κ1) is 29.5. The van der Waals surface area contributed by atoms with Gasteiger partial charge < -0.3 is 15.4 Å². The Morgan fingerprint density at radius 3 is 2.28 bits per heavy atom. The van der Waals surface area contributed by atoms with Crippen molar-refractivity contribution in [2.24, 2.45) is 10.1 Å². The highest BCUT2D eigenvalue weighted by Crippen LogP contribution is 2.36. The maximum Gasteiger partial charge on any atom is 0.416 e. The Labute approximate surface area is 218 Å². The van der Waals surface area contributed by atoms with Crippen LogP contribution >= 0.6 is 0 Å². The van der Waals surface area contributed by atoms with E-state index < -0.39 is 41.0 Å². The second-order valence-corrected chi connectivity index (χ2v) is 8.55. The number of amides is 2. The lowest BCUT2D eigenvalue weighted by Gasteiger charge is -2.15. The molecule has 2 N–H and O–H groups in total. The first-order valence-corrected chi connectivity index (χ1v) is 11.5. The third kappa shape index (κ3) is 8.49. The highest BCUT2D eigenvalue weighted by Gasteiger charge is 2.37. The van der Waals surface area contributed by atoms with Gasteiger partial charge in [-0.25, -0.2) is 15.0 Å². The Morgan fingerprint density at radius 2 is 1.74 bits per heavy atom. The van der Waals surface area contributed by atoms with Crippen molar-refractivity contribution in [2.75, 3.05) is 25.3 Å². The van der Waals surface area contributed by atoms with Gasteiger partial charge in [-0.3, -0.25) is 9.59 Å². The zero-order valence-corrected chi connectivity index (χ0v) is 20.7. The van der Waals surface area contributed by atoms with Crippen molar-refractivity contribution < 1.29 is 40.7 Å². The molecule has 0 aliphatic carbocycles. The van der Waals surface area contributed by atoms with Crippen LogP contribution in [0.25, 0.3) is 0 Å². The van der Waals surface area contributed by atoms with Crippen LogP contribution in [0.5, 0.6) is 0 Å². The number of halogens is 6. The summed E-state index contributed by atoms with van der Waals surface area (Å²) < 4.78 is 83.3. The van der Waals surface area contributed by atoms with Gasteiger partial charge in [-0.05, 0) is 43.7 Å². The number of aliphatic imine (C=N–C) groups is 1. The van der Waals surface area contributed by atoms with E-state index in [1.807, 2.05) is 0 Å². The SMILES string of the molecule is C[C@@H](C=N/C=N\N(C)c1ccc(C(=O)NC2CCOC2)cn1)NC(=O)c1cc(C(F)(F)F)cc(C(F)(F)F)c1. The van der Waals surface area contributed by atoms with Gasteiger partial charge in [0.05, 0.1) is 35.4 Å². The number of nitrogens with zero attached hydrogens (tertiary/aromatic N) is 4. The lowest BCUT2D eigenvalue weighted by Crippen LogP contribution is -2.35. The number of alkyl halides is 6. The monoisotopic (exact) mass is 558 g/mol. The number of hydrogen-bond acceptors (Lipinski definition) is 6. The van der Waals surface area contributed by atoms with Crippen LogP contribution in [0.4, 0.5) is 32.2 Å². The highest BCUT2D eigenvalue weighted by atomic mass is 19.4. The van der Waals surface area contributed by atoms with Crippen molar-refractivity contribution >= 4 is 30.2 Å². The van der Waals surface area contributed by atoms with Crippen LogP contribution in [0, 0.1) is 0 Å². The van der Waals surface area contributed by atoms with Gasteiger partial charge in [-0.2, -0.15) is 31.4 Å². The molecule has 2 aromatic rings. The van der Waals surface area contributed by atoms with E-state index in [1.165, 1.54) is 24.3 Å². The van der Waals surface area contributed by atoms with Gasteiger partial charge >= 0.3 is 12.4 Å². The molecule has 2 atom stereocenters. The first-order chi connectivity index (χ1) is 18.2. The molecule has 2 heterocycles. The molecule has 1 aromatic carbocycles. The molecular formula is C24H24F6N6O3. The van der Waals surface area contributed by atoms with Crippen molar-refractivity contribution in [3.8, 4) is 0 Å². The van der Waals surface area contributed by atoms with Gasteiger partial charge in [-0.15, -0.1) is 0 Å². The predicted octanol–water partition coefficient (Wildman–Crippen LogP) is 3.91. The molecule has 210 valence electrons.